The molecule has 0 aliphatic carbocycles. The van der Waals surface area contributed by atoms with Crippen molar-refractivity contribution in [1.82, 2.24) is 15.0 Å². The molecule has 0 saturated carbocycles. The van der Waals surface area contributed by atoms with Gasteiger partial charge in [0.2, 0.25) is 15.9 Å². The van der Waals surface area contributed by atoms with E-state index in [9.17, 15) is 13.2 Å². The lowest BCUT2D eigenvalue weighted by Crippen LogP contribution is -2.49. The summed E-state index contributed by atoms with van der Waals surface area (Å²) in [7, 11) is -3.96. The summed E-state index contributed by atoms with van der Waals surface area (Å²) in [5.74, 6) is 0.262. The van der Waals surface area contributed by atoms with E-state index in [4.69, 9.17) is 9.47 Å². The number of sulfonamides is 1. The second kappa shape index (κ2) is 9.68. The van der Waals surface area contributed by atoms with Crippen molar-refractivity contribution in [2.24, 2.45) is 5.92 Å². The van der Waals surface area contributed by atoms with Gasteiger partial charge in [0, 0.05) is 35.6 Å². The third-order valence-electron chi connectivity index (χ3n) is 6.10. The van der Waals surface area contributed by atoms with Crippen LogP contribution in [0.15, 0.2) is 41.3 Å². The van der Waals surface area contributed by atoms with Crippen LogP contribution in [0.25, 0.3) is 10.9 Å². The lowest BCUT2D eigenvalue weighted by molar-refractivity contribution is -0.123. The number of fused-ring (bicyclic) bond motifs is 2. The average molecular weight is 486 g/mol. The van der Waals surface area contributed by atoms with Crippen molar-refractivity contribution in [1.29, 1.82) is 0 Å². The summed E-state index contributed by atoms with van der Waals surface area (Å²) in [6.07, 6.45) is 0.723. The summed E-state index contributed by atoms with van der Waals surface area (Å²) >= 11 is 0. The van der Waals surface area contributed by atoms with E-state index >= 15 is 0 Å². The number of hydrogen-bond acceptors (Lipinski definition) is 5. The molecule has 2 aromatic carbocycles. The van der Waals surface area contributed by atoms with Gasteiger partial charge in [0.25, 0.3) is 0 Å². The van der Waals surface area contributed by atoms with Crippen molar-refractivity contribution in [2.75, 3.05) is 13.2 Å². The third kappa shape index (κ3) is 5.05. The first-order chi connectivity index (χ1) is 16.2. The fourth-order valence-electron chi connectivity index (χ4n) is 3.96. The fourth-order valence-corrected chi connectivity index (χ4v) is 5.31. The van der Waals surface area contributed by atoms with Crippen LogP contribution in [0.3, 0.4) is 0 Å². The molecule has 8 nitrogen and oxygen atoms in total. The standard InChI is InChI=1S/C25H31N3O5S/c1-15(2)24(25(29)26-14-18-6-8-21-20(12-18)16(3)17(4)27-21)28-34(30,31)19-7-9-22-23(13-19)33-11-5-10-32-22/h6-9,12-13,15,24,27-28H,5,10-11,14H2,1-4H3,(H,26,29). The second-order valence-corrected chi connectivity index (χ2v) is 10.7. The highest BCUT2D eigenvalue weighted by molar-refractivity contribution is 7.89. The van der Waals surface area contributed by atoms with Crippen LogP contribution < -0.4 is 19.5 Å². The first-order valence-corrected chi connectivity index (χ1v) is 12.9. The van der Waals surface area contributed by atoms with Gasteiger partial charge >= 0.3 is 0 Å². The average Bonchev–Trinajstić information content (AvgIpc) is 2.96. The van der Waals surface area contributed by atoms with E-state index in [0.29, 0.717) is 31.3 Å². The molecule has 34 heavy (non-hydrogen) atoms. The molecule has 1 amide bonds. The van der Waals surface area contributed by atoms with Crippen LogP contribution in [-0.4, -0.2) is 38.6 Å². The first kappa shape index (κ1) is 24.1. The van der Waals surface area contributed by atoms with Crippen LogP contribution in [0.4, 0.5) is 0 Å². The first-order valence-electron chi connectivity index (χ1n) is 11.4. The summed E-state index contributed by atoms with van der Waals surface area (Å²) in [4.78, 5) is 16.4. The summed E-state index contributed by atoms with van der Waals surface area (Å²) in [5.41, 5.74) is 4.27. The van der Waals surface area contributed by atoms with Crippen molar-refractivity contribution < 1.29 is 22.7 Å². The molecule has 9 heteroatoms. The number of hydrogen-bond donors (Lipinski definition) is 3. The van der Waals surface area contributed by atoms with Crippen molar-refractivity contribution in [3.8, 4) is 11.5 Å². The van der Waals surface area contributed by atoms with Crippen LogP contribution >= 0.6 is 0 Å². The summed E-state index contributed by atoms with van der Waals surface area (Å²) in [5, 5.41) is 3.99. The van der Waals surface area contributed by atoms with E-state index in [0.717, 1.165) is 28.6 Å². The predicted molar refractivity (Wildman–Crippen MR) is 131 cm³/mol. The number of carbonyl (C=O) groups is 1. The number of carbonyl (C=O) groups excluding carboxylic acids is 1. The maximum absolute atomic E-state index is 13.1. The second-order valence-electron chi connectivity index (χ2n) is 8.97. The van der Waals surface area contributed by atoms with Gasteiger partial charge in [0.1, 0.15) is 6.04 Å². The summed E-state index contributed by atoms with van der Waals surface area (Å²) < 4.78 is 39.9. The number of ether oxygens (including phenoxy) is 2. The van der Waals surface area contributed by atoms with E-state index < -0.39 is 16.1 Å². The van der Waals surface area contributed by atoms with Crippen LogP contribution in [0.5, 0.6) is 11.5 Å². The molecule has 1 aliphatic rings. The normalized spacial score (nSPS) is 14.7. The van der Waals surface area contributed by atoms with Gasteiger partial charge in [-0.3, -0.25) is 4.79 Å². The molecular formula is C25H31N3O5S. The molecule has 1 unspecified atom stereocenters. The molecule has 0 bridgehead atoms. The summed E-state index contributed by atoms with van der Waals surface area (Å²) in [6, 6.07) is 9.53. The molecular weight excluding hydrogens is 454 g/mol. The number of aryl methyl sites for hydroxylation is 2. The highest BCUT2D eigenvalue weighted by Gasteiger charge is 2.29. The Kier molecular flexibility index (Phi) is 6.86. The van der Waals surface area contributed by atoms with Crippen molar-refractivity contribution in [2.45, 2.75) is 51.6 Å². The van der Waals surface area contributed by atoms with E-state index in [1.165, 1.54) is 17.7 Å². The number of aromatic amines is 1. The number of rotatable bonds is 7. The molecule has 1 aliphatic heterocycles. The van der Waals surface area contributed by atoms with Crippen LogP contribution in [0.2, 0.25) is 0 Å². The van der Waals surface area contributed by atoms with E-state index in [1.54, 1.807) is 19.9 Å². The van der Waals surface area contributed by atoms with Gasteiger partial charge in [-0.05, 0) is 55.2 Å². The SMILES string of the molecule is Cc1[nH]c2ccc(CNC(=O)C(NS(=O)(=O)c3ccc4c(c3)OCCCO4)C(C)C)cc2c1C. The Hall–Kier alpha value is -3.04. The molecule has 4 rings (SSSR count). The van der Waals surface area contributed by atoms with Gasteiger partial charge in [0.15, 0.2) is 11.5 Å². The largest absolute Gasteiger partial charge is 0.490 e. The number of H-pyrrole nitrogens is 1. The zero-order valence-electron chi connectivity index (χ0n) is 19.9. The van der Waals surface area contributed by atoms with Crippen LogP contribution in [-0.2, 0) is 21.4 Å². The van der Waals surface area contributed by atoms with Crippen LogP contribution in [0, 0.1) is 19.8 Å². The molecule has 1 atom stereocenters. The molecule has 0 radical (unpaired) electrons. The van der Waals surface area contributed by atoms with Gasteiger partial charge in [-0.25, -0.2) is 8.42 Å². The molecule has 0 spiro atoms. The van der Waals surface area contributed by atoms with Gasteiger partial charge < -0.3 is 19.8 Å². The zero-order valence-corrected chi connectivity index (χ0v) is 20.7. The maximum atomic E-state index is 13.1. The zero-order chi connectivity index (χ0) is 24.5. The minimum atomic E-state index is -3.96. The molecule has 1 aromatic heterocycles. The fraction of sp³-hybridized carbons (Fsp3) is 0.400. The minimum absolute atomic E-state index is 0.0268. The van der Waals surface area contributed by atoms with Crippen molar-refractivity contribution in [3.63, 3.8) is 0 Å². The predicted octanol–water partition coefficient (Wildman–Crippen LogP) is 3.57. The lowest BCUT2D eigenvalue weighted by Gasteiger charge is -2.22. The number of benzene rings is 2. The molecule has 3 aromatic rings. The molecule has 2 heterocycles. The number of aromatic nitrogens is 1. The van der Waals surface area contributed by atoms with Gasteiger partial charge in [-0.2, -0.15) is 4.72 Å². The maximum Gasteiger partial charge on any atom is 0.241 e. The van der Waals surface area contributed by atoms with E-state index in [1.807, 2.05) is 25.1 Å². The number of nitrogens with one attached hydrogen (secondary N) is 3. The van der Waals surface area contributed by atoms with Gasteiger partial charge in [0.05, 0.1) is 18.1 Å². The molecule has 3 N–H and O–H groups in total. The monoisotopic (exact) mass is 485 g/mol. The Morgan fingerprint density at radius 1 is 1.06 bits per heavy atom. The Labute approximate surface area is 200 Å². The van der Waals surface area contributed by atoms with Gasteiger partial charge in [-0.15, -0.1) is 0 Å². The van der Waals surface area contributed by atoms with E-state index in [2.05, 4.69) is 21.9 Å². The Balaban J connectivity index is 1.47. The highest BCUT2D eigenvalue weighted by Crippen LogP contribution is 2.32. The Morgan fingerprint density at radius 2 is 1.79 bits per heavy atom. The van der Waals surface area contributed by atoms with Crippen LogP contribution in [0.1, 0.15) is 37.1 Å². The topological polar surface area (TPSA) is 110 Å². The number of amides is 1. The molecule has 0 fully saturated rings. The van der Waals surface area contributed by atoms with Crippen molar-refractivity contribution >= 4 is 26.8 Å². The summed E-state index contributed by atoms with van der Waals surface area (Å²) in [6.45, 7) is 8.96. The lowest BCUT2D eigenvalue weighted by atomic mass is 10.0. The minimum Gasteiger partial charge on any atom is -0.490 e. The third-order valence-corrected chi connectivity index (χ3v) is 7.54. The van der Waals surface area contributed by atoms with Gasteiger partial charge in [-0.1, -0.05) is 19.9 Å². The smallest absolute Gasteiger partial charge is 0.241 e. The highest BCUT2D eigenvalue weighted by atomic mass is 32.2. The molecule has 182 valence electrons. The Bertz CT molecular complexity index is 1310. The quantitative estimate of drug-likeness (QED) is 0.474. The molecule has 0 saturated heterocycles. The van der Waals surface area contributed by atoms with Crippen molar-refractivity contribution in [3.05, 3.63) is 53.2 Å². The Morgan fingerprint density at radius 3 is 2.53 bits per heavy atom. The van der Waals surface area contributed by atoms with E-state index in [-0.39, 0.29) is 16.7 Å².